The van der Waals surface area contributed by atoms with E-state index in [1.165, 1.54) is 38.8 Å². The Morgan fingerprint density at radius 3 is 2.57 bits per heavy atom. The highest BCUT2D eigenvalue weighted by atomic mass is 16.2. The minimum absolute atomic E-state index is 0.245. The molecule has 1 atom stereocenters. The van der Waals surface area contributed by atoms with Crippen molar-refractivity contribution in [2.24, 2.45) is 17.3 Å². The number of carbonyl (C=O) groups excluding carboxylic acids is 1. The number of carbonyl (C=O) groups is 1. The Bertz CT molecular complexity index is 329. The van der Waals surface area contributed by atoms with Gasteiger partial charge in [-0.3, -0.25) is 4.79 Å². The summed E-state index contributed by atoms with van der Waals surface area (Å²) in [6.45, 7) is 12.9. The Labute approximate surface area is 130 Å². The molecule has 0 aliphatic carbocycles. The molecule has 0 aromatic heterocycles. The summed E-state index contributed by atoms with van der Waals surface area (Å²) in [4.78, 5) is 15.1. The normalized spacial score (nSPS) is 25.8. The Kier molecular flexibility index (Phi) is 6.06. The molecule has 122 valence electrons. The van der Waals surface area contributed by atoms with Gasteiger partial charge in [0.1, 0.15) is 0 Å². The van der Waals surface area contributed by atoms with Gasteiger partial charge in [0.05, 0.1) is 0 Å². The van der Waals surface area contributed by atoms with Gasteiger partial charge in [-0.15, -0.1) is 0 Å². The lowest BCUT2D eigenvalue weighted by Gasteiger charge is -2.37. The monoisotopic (exact) mass is 295 g/mol. The summed E-state index contributed by atoms with van der Waals surface area (Å²) in [6, 6.07) is 0. The predicted octanol–water partition coefficient (Wildman–Crippen LogP) is 1.86. The molecule has 0 saturated carbocycles. The van der Waals surface area contributed by atoms with Gasteiger partial charge in [0.15, 0.2) is 0 Å². The fourth-order valence-electron chi connectivity index (χ4n) is 3.62. The van der Waals surface area contributed by atoms with E-state index in [9.17, 15) is 4.79 Å². The van der Waals surface area contributed by atoms with Crippen molar-refractivity contribution in [2.75, 3.05) is 39.3 Å². The van der Waals surface area contributed by atoms with Gasteiger partial charge in [0, 0.05) is 12.0 Å². The van der Waals surface area contributed by atoms with E-state index < -0.39 is 0 Å². The summed E-state index contributed by atoms with van der Waals surface area (Å²) >= 11 is 0. The molecule has 0 aromatic carbocycles. The predicted molar refractivity (Wildman–Crippen MR) is 87.2 cm³/mol. The lowest BCUT2D eigenvalue weighted by molar-refractivity contribution is -0.132. The number of rotatable bonds is 5. The second-order valence-electron chi connectivity index (χ2n) is 7.35. The topological polar surface area (TPSA) is 44.4 Å². The third-order valence-corrected chi connectivity index (χ3v) is 5.61. The number of likely N-dealkylation sites (tertiary alicyclic amines) is 1. The molecule has 2 heterocycles. The van der Waals surface area contributed by atoms with Crippen molar-refractivity contribution in [1.82, 2.24) is 15.5 Å². The van der Waals surface area contributed by atoms with Crippen LogP contribution in [-0.4, -0.2) is 50.1 Å². The molecule has 4 heteroatoms. The van der Waals surface area contributed by atoms with Crippen molar-refractivity contribution in [1.29, 1.82) is 0 Å². The minimum Gasteiger partial charge on any atom is -0.355 e. The average molecular weight is 295 g/mol. The van der Waals surface area contributed by atoms with E-state index in [-0.39, 0.29) is 11.3 Å². The molecule has 2 aliphatic rings. The van der Waals surface area contributed by atoms with Crippen LogP contribution in [0.25, 0.3) is 0 Å². The van der Waals surface area contributed by atoms with Crippen molar-refractivity contribution in [3.63, 3.8) is 0 Å². The van der Waals surface area contributed by atoms with Crippen molar-refractivity contribution < 1.29 is 4.79 Å². The lowest BCUT2D eigenvalue weighted by Crippen LogP contribution is -2.48. The molecule has 1 amide bonds. The highest BCUT2D eigenvalue weighted by molar-refractivity contribution is 5.82. The van der Waals surface area contributed by atoms with Gasteiger partial charge in [-0.2, -0.15) is 0 Å². The zero-order valence-electron chi connectivity index (χ0n) is 14.1. The molecule has 2 aliphatic heterocycles. The lowest BCUT2D eigenvalue weighted by atomic mass is 9.74. The molecule has 0 bridgehead atoms. The summed E-state index contributed by atoms with van der Waals surface area (Å²) in [7, 11) is 0. The second kappa shape index (κ2) is 7.59. The third kappa shape index (κ3) is 4.43. The smallest absolute Gasteiger partial charge is 0.225 e. The van der Waals surface area contributed by atoms with E-state index in [2.05, 4.69) is 36.3 Å². The summed E-state index contributed by atoms with van der Waals surface area (Å²) < 4.78 is 0. The Morgan fingerprint density at radius 2 is 2.00 bits per heavy atom. The minimum atomic E-state index is -0.252. The number of nitrogens with one attached hydrogen (secondary N) is 2. The molecular formula is C17H33N3O. The van der Waals surface area contributed by atoms with Crippen LogP contribution >= 0.6 is 0 Å². The summed E-state index contributed by atoms with van der Waals surface area (Å²) in [6.07, 6.45) is 4.80. The molecule has 4 nitrogen and oxygen atoms in total. The zero-order chi connectivity index (χ0) is 15.3. The molecule has 0 spiro atoms. The van der Waals surface area contributed by atoms with Gasteiger partial charge in [-0.1, -0.05) is 20.8 Å². The molecule has 2 rings (SSSR count). The molecule has 21 heavy (non-hydrogen) atoms. The van der Waals surface area contributed by atoms with Gasteiger partial charge in [0.25, 0.3) is 0 Å². The maximum atomic E-state index is 12.6. The van der Waals surface area contributed by atoms with Crippen LogP contribution in [0.1, 0.15) is 46.5 Å². The number of hydrogen-bond donors (Lipinski definition) is 2. The highest BCUT2D eigenvalue weighted by Gasteiger charge is 2.37. The molecule has 2 saturated heterocycles. The van der Waals surface area contributed by atoms with E-state index >= 15 is 0 Å². The van der Waals surface area contributed by atoms with Crippen LogP contribution in [0.15, 0.2) is 0 Å². The Morgan fingerprint density at radius 1 is 1.29 bits per heavy atom. The summed E-state index contributed by atoms with van der Waals surface area (Å²) in [5, 5.41) is 6.66. The molecule has 2 fully saturated rings. The first-order valence-corrected chi connectivity index (χ1v) is 8.75. The molecule has 0 aromatic rings. The quantitative estimate of drug-likeness (QED) is 0.814. The van der Waals surface area contributed by atoms with E-state index in [1.807, 2.05) is 0 Å². The van der Waals surface area contributed by atoms with Crippen LogP contribution in [-0.2, 0) is 4.79 Å². The maximum absolute atomic E-state index is 12.6. The van der Waals surface area contributed by atoms with Crippen LogP contribution in [0.3, 0.4) is 0 Å². The van der Waals surface area contributed by atoms with Gasteiger partial charge in [0.2, 0.25) is 5.91 Å². The molecule has 2 N–H and O–H groups in total. The van der Waals surface area contributed by atoms with Crippen molar-refractivity contribution in [2.45, 2.75) is 46.5 Å². The van der Waals surface area contributed by atoms with Crippen LogP contribution in [0, 0.1) is 17.3 Å². The first kappa shape index (κ1) is 16.8. The van der Waals surface area contributed by atoms with E-state index in [4.69, 9.17) is 0 Å². The Hall–Kier alpha value is -0.610. The van der Waals surface area contributed by atoms with E-state index in [1.54, 1.807) is 0 Å². The average Bonchev–Trinajstić information content (AvgIpc) is 2.53. The highest BCUT2D eigenvalue weighted by Crippen LogP contribution is 2.32. The van der Waals surface area contributed by atoms with Gasteiger partial charge in [-0.25, -0.2) is 0 Å². The summed E-state index contributed by atoms with van der Waals surface area (Å²) in [5.41, 5.74) is -0.252. The van der Waals surface area contributed by atoms with Gasteiger partial charge < -0.3 is 15.5 Å². The first-order valence-electron chi connectivity index (χ1n) is 8.75. The molecule has 0 radical (unpaired) electrons. The van der Waals surface area contributed by atoms with Crippen molar-refractivity contribution >= 4 is 5.91 Å². The largest absolute Gasteiger partial charge is 0.355 e. The molecular weight excluding hydrogens is 262 g/mol. The van der Waals surface area contributed by atoms with Crippen molar-refractivity contribution in [3.8, 4) is 0 Å². The van der Waals surface area contributed by atoms with E-state index in [0.717, 1.165) is 26.2 Å². The first-order chi connectivity index (χ1) is 10.0. The number of nitrogens with zero attached hydrogens (tertiary/aromatic N) is 1. The maximum Gasteiger partial charge on any atom is 0.225 e. The summed E-state index contributed by atoms with van der Waals surface area (Å²) in [5.74, 6) is 1.37. The fourth-order valence-corrected chi connectivity index (χ4v) is 3.62. The second-order valence-corrected chi connectivity index (χ2v) is 7.35. The van der Waals surface area contributed by atoms with Crippen LogP contribution < -0.4 is 10.6 Å². The standard InChI is InChI=1S/C17H33N3O/c1-4-20-10-7-14(8-11-20)12-19-16(21)17(2,3)15-6-5-9-18-13-15/h14-15,18H,4-13H2,1-3H3,(H,19,21). The fraction of sp³-hybridized carbons (Fsp3) is 0.941. The van der Waals surface area contributed by atoms with Gasteiger partial charge >= 0.3 is 0 Å². The number of hydrogen-bond acceptors (Lipinski definition) is 3. The van der Waals surface area contributed by atoms with Gasteiger partial charge in [-0.05, 0) is 70.2 Å². The SMILES string of the molecule is CCN1CCC(CNC(=O)C(C)(C)C2CCCNC2)CC1. The zero-order valence-corrected chi connectivity index (χ0v) is 14.1. The van der Waals surface area contributed by atoms with Crippen LogP contribution in [0.2, 0.25) is 0 Å². The van der Waals surface area contributed by atoms with Crippen molar-refractivity contribution in [3.05, 3.63) is 0 Å². The molecule has 1 unspecified atom stereocenters. The van der Waals surface area contributed by atoms with Crippen LogP contribution in [0.5, 0.6) is 0 Å². The number of amides is 1. The van der Waals surface area contributed by atoms with E-state index in [0.29, 0.717) is 11.8 Å². The third-order valence-electron chi connectivity index (χ3n) is 5.61. The Balaban J connectivity index is 1.75. The van der Waals surface area contributed by atoms with Crippen LogP contribution in [0.4, 0.5) is 0 Å². The number of piperidine rings is 2.